The van der Waals surface area contributed by atoms with Crippen molar-refractivity contribution in [3.63, 3.8) is 0 Å². The van der Waals surface area contributed by atoms with Crippen LogP contribution in [0.4, 0.5) is 22.7 Å². The van der Waals surface area contributed by atoms with E-state index in [2.05, 4.69) is 47.1 Å². The number of anilines is 4. The molecule has 0 bridgehead atoms. The fraction of sp³-hybridized carbons (Fsp3) is 0.378. The number of rotatable bonds is 13. The van der Waals surface area contributed by atoms with E-state index in [9.17, 15) is 4.79 Å². The van der Waals surface area contributed by atoms with Crippen molar-refractivity contribution in [3.05, 3.63) is 101 Å². The third-order valence-electron chi connectivity index (χ3n) is 8.38. The van der Waals surface area contributed by atoms with Gasteiger partial charge in [0.05, 0.1) is 43.1 Å². The molecule has 4 rings (SSSR count). The van der Waals surface area contributed by atoms with Gasteiger partial charge in [0, 0.05) is 55.5 Å². The molecule has 1 heterocycles. The Kier molecular flexibility index (Phi) is 12.8. The summed E-state index contributed by atoms with van der Waals surface area (Å²) in [6.07, 6.45) is 4.43. The van der Waals surface area contributed by atoms with Gasteiger partial charge in [0.2, 0.25) is 0 Å². The van der Waals surface area contributed by atoms with Gasteiger partial charge in [-0.3, -0.25) is 14.7 Å². The number of aryl methyl sites for hydroxylation is 1. The molecular formula is C37H51N7O3S. The molecule has 258 valence electrons. The first-order valence-electron chi connectivity index (χ1n) is 16.2. The van der Waals surface area contributed by atoms with Crippen LogP contribution in [0.25, 0.3) is 0 Å². The van der Waals surface area contributed by atoms with Crippen molar-refractivity contribution in [2.45, 2.75) is 46.5 Å². The molecule has 48 heavy (non-hydrogen) atoms. The van der Waals surface area contributed by atoms with Crippen molar-refractivity contribution < 1.29 is 14.3 Å². The van der Waals surface area contributed by atoms with Crippen LogP contribution in [0.1, 0.15) is 55.6 Å². The molecule has 0 atom stereocenters. The van der Waals surface area contributed by atoms with Gasteiger partial charge >= 0.3 is 0 Å². The predicted molar refractivity (Wildman–Crippen MR) is 202 cm³/mol. The summed E-state index contributed by atoms with van der Waals surface area (Å²) in [6, 6.07) is 19.5. The molecule has 10 nitrogen and oxygen atoms in total. The molecule has 1 amide bonds. The summed E-state index contributed by atoms with van der Waals surface area (Å²) < 4.78 is 14.5. The lowest BCUT2D eigenvalue weighted by molar-refractivity contribution is 0.0384. The minimum atomic E-state index is -0.283. The molecule has 1 fully saturated rings. The van der Waals surface area contributed by atoms with Gasteiger partial charge in [-0.1, -0.05) is 57.0 Å². The molecule has 11 heteroatoms. The van der Waals surface area contributed by atoms with Gasteiger partial charge in [-0.2, -0.15) is 0 Å². The van der Waals surface area contributed by atoms with Crippen LogP contribution in [0.5, 0.6) is 5.75 Å². The highest BCUT2D eigenvalue weighted by Crippen LogP contribution is 2.40. The number of allylic oxidation sites excluding steroid dienone is 1. The van der Waals surface area contributed by atoms with Crippen LogP contribution in [0.15, 0.2) is 83.8 Å². The summed E-state index contributed by atoms with van der Waals surface area (Å²) in [6.45, 7) is 14.5. The summed E-state index contributed by atoms with van der Waals surface area (Å²) in [5, 5.41) is 8.13. The average Bonchev–Trinajstić information content (AvgIpc) is 3.07. The number of ether oxygens (including phenoxy) is 2. The number of hydrogen-bond donors (Lipinski definition) is 5. The van der Waals surface area contributed by atoms with Crippen LogP contribution in [0.2, 0.25) is 0 Å². The van der Waals surface area contributed by atoms with E-state index < -0.39 is 0 Å². The van der Waals surface area contributed by atoms with Gasteiger partial charge in [0.25, 0.3) is 5.91 Å². The summed E-state index contributed by atoms with van der Waals surface area (Å²) in [5.41, 5.74) is 14.4. The Morgan fingerprint density at radius 3 is 2.40 bits per heavy atom. The molecule has 1 saturated heterocycles. The lowest BCUT2D eigenvalue weighted by Crippen LogP contribution is -2.37. The number of nitrogens with zero attached hydrogens (tertiary/aromatic N) is 2. The molecule has 0 aliphatic carbocycles. The molecule has 1 aliphatic rings. The van der Waals surface area contributed by atoms with Gasteiger partial charge in [0.1, 0.15) is 0 Å². The number of hydrazine groups is 1. The molecule has 0 unspecified atom stereocenters. The maximum Gasteiger partial charge on any atom is 0.255 e. The first-order valence-corrected chi connectivity index (χ1v) is 17.4. The lowest BCUT2D eigenvalue weighted by atomic mass is 9.86. The van der Waals surface area contributed by atoms with Gasteiger partial charge in [0.15, 0.2) is 5.75 Å². The number of hydrogen-bond acceptors (Lipinski definition) is 10. The second-order valence-electron chi connectivity index (χ2n) is 12.9. The Hall–Kier alpha value is -4.16. The Labute approximate surface area is 290 Å². The van der Waals surface area contributed by atoms with Gasteiger partial charge in [-0.05, 0) is 72.4 Å². The fourth-order valence-electron chi connectivity index (χ4n) is 5.41. The molecule has 3 aromatic carbocycles. The van der Waals surface area contributed by atoms with E-state index in [0.717, 1.165) is 73.0 Å². The highest BCUT2D eigenvalue weighted by molar-refractivity contribution is 7.99. The molecule has 7 N–H and O–H groups in total. The van der Waals surface area contributed by atoms with Crippen molar-refractivity contribution in [3.8, 4) is 5.75 Å². The number of benzene rings is 3. The van der Waals surface area contributed by atoms with Crippen LogP contribution in [-0.2, 0) is 10.2 Å². The third-order valence-corrected chi connectivity index (χ3v) is 8.81. The summed E-state index contributed by atoms with van der Waals surface area (Å²) >= 11 is 1.46. The zero-order chi connectivity index (χ0) is 34.8. The summed E-state index contributed by atoms with van der Waals surface area (Å²) in [7, 11) is 1.60. The predicted octanol–water partition coefficient (Wildman–Crippen LogP) is 6.83. The normalized spacial score (nSPS) is 14.6. The Bertz CT molecular complexity index is 1610. The van der Waals surface area contributed by atoms with E-state index in [1.807, 2.05) is 62.6 Å². The average molecular weight is 674 g/mol. The number of amides is 1. The maximum absolute atomic E-state index is 13.7. The summed E-state index contributed by atoms with van der Waals surface area (Å²) in [5.74, 6) is 6.89. The van der Waals surface area contributed by atoms with Gasteiger partial charge in [-0.25, -0.2) is 5.84 Å². The SMILES string of the molecule is COc1c(NSC)cc(C(C)(C)C)cc1NC(=O)c1ccc(C)c(N(N)/C=C(N)/C(C)=C(\CCN2CCOCC2)Nc2ccccc2)c1. The molecule has 0 aromatic heterocycles. The Balaban J connectivity index is 1.60. The second-order valence-corrected chi connectivity index (χ2v) is 13.5. The fourth-order valence-corrected chi connectivity index (χ4v) is 5.78. The minimum absolute atomic E-state index is 0.143. The van der Waals surface area contributed by atoms with Crippen LogP contribution in [0.3, 0.4) is 0 Å². The molecular weight excluding hydrogens is 623 g/mol. The van der Waals surface area contributed by atoms with E-state index in [1.165, 1.54) is 17.0 Å². The molecule has 0 saturated carbocycles. The van der Waals surface area contributed by atoms with E-state index in [4.69, 9.17) is 21.1 Å². The van der Waals surface area contributed by atoms with Crippen LogP contribution < -0.4 is 36.7 Å². The van der Waals surface area contributed by atoms with Crippen molar-refractivity contribution in [1.82, 2.24) is 4.90 Å². The van der Waals surface area contributed by atoms with E-state index in [0.29, 0.717) is 28.4 Å². The largest absolute Gasteiger partial charge is 0.492 e. The zero-order valence-electron chi connectivity index (χ0n) is 29.3. The number of carbonyl (C=O) groups is 1. The van der Waals surface area contributed by atoms with Crippen molar-refractivity contribution >= 4 is 40.6 Å². The lowest BCUT2D eigenvalue weighted by Gasteiger charge is -2.27. The molecule has 0 spiro atoms. The number of para-hydroxylation sites is 1. The molecule has 0 radical (unpaired) electrons. The van der Waals surface area contributed by atoms with E-state index in [-0.39, 0.29) is 11.3 Å². The van der Waals surface area contributed by atoms with Crippen LogP contribution in [-0.4, -0.2) is 57.0 Å². The Morgan fingerprint density at radius 2 is 1.75 bits per heavy atom. The first kappa shape index (κ1) is 36.7. The van der Waals surface area contributed by atoms with E-state index >= 15 is 0 Å². The first-order chi connectivity index (χ1) is 22.9. The monoisotopic (exact) mass is 673 g/mol. The summed E-state index contributed by atoms with van der Waals surface area (Å²) in [4.78, 5) is 16.1. The number of methoxy groups -OCH3 is 1. The molecule has 1 aliphatic heterocycles. The number of nitrogens with two attached hydrogens (primary N) is 2. The second kappa shape index (κ2) is 16.8. The molecule has 3 aromatic rings. The van der Waals surface area contributed by atoms with Crippen LogP contribution in [0, 0.1) is 6.92 Å². The third kappa shape index (κ3) is 9.70. The van der Waals surface area contributed by atoms with Crippen molar-refractivity contribution in [1.29, 1.82) is 0 Å². The maximum atomic E-state index is 13.7. The minimum Gasteiger partial charge on any atom is -0.492 e. The van der Waals surface area contributed by atoms with Crippen LogP contribution >= 0.6 is 11.9 Å². The standard InChI is InChI=1S/C37H51N7O3S/c1-25-13-14-27(36(45)41-32-22-28(37(3,4)5)23-33(42-48-7)35(32)46-6)21-34(25)44(39)24-30(38)26(2)31(40-29-11-9-8-10-12-29)15-16-43-17-19-47-20-18-43/h8-14,21-24,40,42H,15-20,38-39H2,1-7H3,(H,41,45)/b30-24-,31-26+. The van der Waals surface area contributed by atoms with Crippen molar-refractivity contribution in [2.75, 3.05) is 66.6 Å². The van der Waals surface area contributed by atoms with E-state index in [1.54, 1.807) is 25.4 Å². The quantitative estimate of drug-likeness (QED) is 0.0570. The highest BCUT2D eigenvalue weighted by Gasteiger charge is 2.22. The number of carbonyl (C=O) groups excluding carboxylic acids is 1. The van der Waals surface area contributed by atoms with Gasteiger partial charge < -0.3 is 30.6 Å². The smallest absolute Gasteiger partial charge is 0.255 e. The Morgan fingerprint density at radius 1 is 1.06 bits per heavy atom. The van der Waals surface area contributed by atoms with Crippen molar-refractivity contribution in [2.24, 2.45) is 11.6 Å². The highest BCUT2D eigenvalue weighted by atomic mass is 32.2. The number of nitrogens with one attached hydrogen (secondary N) is 3. The number of morpholine rings is 1. The topological polar surface area (TPSA) is 130 Å². The zero-order valence-corrected chi connectivity index (χ0v) is 30.1. The van der Waals surface area contributed by atoms with Gasteiger partial charge in [-0.15, -0.1) is 0 Å².